The molecule has 2 amide bonds. The van der Waals surface area contributed by atoms with Crippen molar-refractivity contribution in [2.45, 2.75) is 38.8 Å². The first-order chi connectivity index (χ1) is 12.8. The summed E-state index contributed by atoms with van der Waals surface area (Å²) in [6.07, 6.45) is 0.129. The highest BCUT2D eigenvalue weighted by Gasteiger charge is 2.29. The Balaban J connectivity index is 2.45. The minimum absolute atomic E-state index is 0.129. The van der Waals surface area contributed by atoms with Crippen molar-refractivity contribution in [3.05, 3.63) is 71.8 Å². The van der Waals surface area contributed by atoms with E-state index in [-0.39, 0.29) is 31.0 Å². The molecule has 0 aromatic heterocycles. The van der Waals surface area contributed by atoms with Crippen LogP contribution in [0.2, 0.25) is 0 Å². The highest BCUT2D eigenvalue weighted by Crippen LogP contribution is 2.29. The molecule has 0 heterocycles. The lowest BCUT2D eigenvalue weighted by atomic mass is 9.97. The predicted molar refractivity (Wildman–Crippen MR) is 106 cm³/mol. The first kappa shape index (κ1) is 20.5. The molecule has 0 radical (unpaired) electrons. The first-order valence-electron chi connectivity index (χ1n) is 9.07. The first-order valence-corrected chi connectivity index (χ1v) is 9.07. The number of ether oxygens (including phenoxy) is 1. The molecular weight excluding hydrogens is 340 g/mol. The molecule has 0 saturated carbocycles. The normalized spacial score (nSPS) is 11.1. The van der Waals surface area contributed by atoms with E-state index in [0.29, 0.717) is 0 Å². The fourth-order valence-corrected chi connectivity index (χ4v) is 2.88. The second-order valence-electron chi connectivity index (χ2n) is 7.42. The molecule has 5 nitrogen and oxygen atoms in total. The van der Waals surface area contributed by atoms with E-state index < -0.39 is 5.54 Å². The summed E-state index contributed by atoms with van der Waals surface area (Å²) >= 11 is 0. The zero-order valence-corrected chi connectivity index (χ0v) is 16.4. The molecule has 1 N–H and O–H groups in total. The predicted octanol–water partition coefficient (Wildman–Crippen LogP) is 4.15. The quantitative estimate of drug-likeness (QED) is 0.779. The third-order valence-electron chi connectivity index (χ3n) is 4.07. The summed E-state index contributed by atoms with van der Waals surface area (Å²) < 4.78 is 4.78. The topological polar surface area (TPSA) is 58.6 Å². The third-order valence-corrected chi connectivity index (χ3v) is 4.07. The molecule has 0 saturated heterocycles. The van der Waals surface area contributed by atoms with Crippen LogP contribution in [0.1, 0.15) is 44.4 Å². The second kappa shape index (κ2) is 9.21. The van der Waals surface area contributed by atoms with Gasteiger partial charge in [-0.05, 0) is 31.9 Å². The fraction of sp³-hybridized carbons (Fsp3) is 0.364. The van der Waals surface area contributed by atoms with Gasteiger partial charge in [-0.3, -0.25) is 4.79 Å². The molecule has 0 aliphatic heterocycles. The smallest absolute Gasteiger partial charge is 0.318 e. The maximum absolute atomic E-state index is 13.1. The minimum Gasteiger partial charge on any atom is -0.469 e. The summed E-state index contributed by atoms with van der Waals surface area (Å²) in [4.78, 5) is 26.6. The van der Waals surface area contributed by atoms with Crippen LogP contribution in [0, 0.1) is 0 Å². The summed E-state index contributed by atoms with van der Waals surface area (Å²) in [5, 5.41) is 3.02. The van der Waals surface area contributed by atoms with Crippen molar-refractivity contribution in [2.24, 2.45) is 0 Å². The summed E-state index contributed by atoms with van der Waals surface area (Å²) in [7, 11) is 1.35. The lowest BCUT2D eigenvalue weighted by molar-refractivity contribution is -0.140. The molecule has 0 atom stereocenters. The van der Waals surface area contributed by atoms with Gasteiger partial charge in [0.05, 0.1) is 19.6 Å². The lowest BCUT2D eigenvalue weighted by Crippen LogP contribution is -2.50. The van der Waals surface area contributed by atoms with E-state index in [1.54, 1.807) is 4.90 Å². The zero-order valence-electron chi connectivity index (χ0n) is 16.4. The number of hydrogen-bond acceptors (Lipinski definition) is 3. The van der Waals surface area contributed by atoms with E-state index in [1.165, 1.54) is 7.11 Å². The molecule has 2 aromatic rings. The van der Waals surface area contributed by atoms with E-state index in [1.807, 2.05) is 81.4 Å². The van der Waals surface area contributed by atoms with E-state index in [2.05, 4.69) is 5.32 Å². The summed E-state index contributed by atoms with van der Waals surface area (Å²) in [5.41, 5.74) is 1.58. The Morgan fingerprint density at radius 3 is 1.85 bits per heavy atom. The van der Waals surface area contributed by atoms with Crippen LogP contribution in [0.3, 0.4) is 0 Å². The molecule has 0 aliphatic carbocycles. The highest BCUT2D eigenvalue weighted by molar-refractivity contribution is 5.77. The van der Waals surface area contributed by atoms with Gasteiger partial charge in [0, 0.05) is 12.1 Å². The number of methoxy groups -OCH3 is 1. The van der Waals surface area contributed by atoms with Gasteiger partial charge in [-0.15, -0.1) is 0 Å². The molecule has 5 heteroatoms. The molecule has 0 bridgehead atoms. The zero-order chi connectivity index (χ0) is 19.9. The van der Waals surface area contributed by atoms with Crippen molar-refractivity contribution < 1.29 is 14.3 Å². The van der Waals surface area contributed by atoms with Crippen LogP contribution in [-0.4, -0.2) is 36.1 Å². The second-order valence-corrected chi connectivity index (χ2v) is 7.42. The fourth-order valence-electron chi connectivity index (χ4n) is 2.88. The molecule has 144 valence electrons. The number of benzene rings is 2. The van der Waals surface area contributed by atoms with Gasteiger partial charge >= 0.3 is 12.0 Å². The largest absolute Gasteiger partial charge is 0.469 e. The molecule has 0 aliphatic rings. The molecule has 27 heavy (non-hydrogen) atoms. The summed E-state index contributed by atoms with van der Waals surface area (Å²) in [6, 6.07) is 19.1. The number of amides is 2. The van der Waals surface area contributed by atoms with E-state index in [9.17, 15) is 9.59 Å². The van der Waals surface area contributed by atoms with E-state index in [0.717, 1.165) is 11.1 Å². The highest BCUT2D eigenvalue weighted by atomic mass is 16.5. The van der Waals surface area contributed by atoms with Gasteiger partial charge in [0.1, 0.15) is 0 Å². The number of carbonyl (C=O) groups is 2. The third kappa shape index (κ3) is 6.13. The Kier molecular flexibility index (Phi) is 6.99. The van der Waals surface area contributed by atoms with Gasteiger partial charge in [-0.25, -0.2) is 4.79 Å². The summed E-state index contributed by atoms with van der Waals surface area (Å²) in [6.45, 7) is 6.05. The summed E-state index contributed by atoms with van der Waals surface area (Å²) in [5.74, 6) is -0.344. The molecule has 2 aromatic carbocycles. The standard InChI is InChI=1S/C22H28N2O3/c1-22(2,3)23-21(26)24(16-15-19(25)27-4)20(17-11-7-5-8-12-17)18-13-9-6-10-14-18/h5-14,20H,15-16H2,1-4H3,(H,23,26). The van der Waals surface area contributed by atoms with E-state index in [4.69, 9.17) is 4.74 Å². The van der Waals surface area contributed by atoms with Crippen molar-refractivity contribution in [1.82, 2.24) is 10.2 Å². The monoisotopic (exact) mass is 368 g/mol. The Bertz CT molecular complexity index is 700. The van der Waals surface area contributed by atoms with Gasteiger partial charge in [0.25, 0.3) is 0 Å². The van der Waals surface area contributed by atoms with Gasteiger partial charge in [0.2, 0.25) is 0 Å². The van der Waals surface area contributed by atoms with Crippen LogP contribution < -0.4 is 5.32 Å². The van der Waals surface area contributed by atoms with Crippen LogP contribution >= 0.6 is 0 Å². The molecular formula is C22H28N2O3. The number of hydrogen-bond donors (Lipinski definition) is 1. The molecule has 0 fully saturated rings. The lowest BCUT2D eigenvalue weighted by Gasteiger charge is -2.35. The number of rotatable bonds is 6. The van der Waals surface area contributed by atoms with Crippen LogP contribution in [-0.2, 0) is 9.53 Å². The minimum atomic E-state index is -0.390. The molecule has 0 spiro atoms. The van der Waals surface area contributed by atoms with Gasteiger partial charge in [-0.1, -0.05) is 60.7 Å². The number of urea groups is 1. The number of nitrogens with zero attached hydrogens (tertiary/aromatic N) is 1. The van der Waals surface area contributed by atoms with Crippen molar-refractivity contribution in [2.75, 3.05) is 13.7 Å². The molecule has 0 unspecified atom stereocenters. The molecule has 2 rings (SSSR count). The van der Waals surface area contributed by atoms with Crippen LogP contribution in [0.4, 0.5) is 4.79 Å². The Morgan fingerprint density at radius 1 is 0.963 bits per heavy atom. The Hall–Kier alpha value is -2.82. The Labute approximate surface area is 161 Å². The van der Waals surface area contributed by atoms with Crippen LogP contribution in [0.15, 0.2) is 60.7 Å². The van der Waals surface area contributed by atoms with Crippen molar-refractivity contribution >= 4 is 12.0 Å². The average molecular weight is 368 g/mol. The van der Waals surface area contributed by atoms with Gasteiger partial charge in [0.15, 0.2) is 0 Å². The average Bonchev–Trinajstić information content (AvgIpc) is 2.64. The number of esters is 1. The van der Waals surface area contributed by atoms with Crippen LogP contribution in [0.5, 0.6) is 0 Å². The van der Waals surface area contributed by atoms with Crippen molar-refractivity contribution in [1.29, 1.82) is 0 Å². The number of nitrogens with one attached hydrogen (secondary N) is 1. The van der Waals surface area contributed by atoms with Gasteiger partial charge in [-0.2, -0.15) is 0 Å². The SMILES string of the molecule is COC(=O)CCN(C(=O)NC(C)(C)C)C(c1ccccc1)c1ccccc1. The van der Waals surface area contributed by atoms with Gasteiger partial charge < -0.3 is 15.0 Å². The number of carbonyl (C=O) groups excluding carboxylic acids is 2. The maximum atomic E-state index is 13.1. The van der Waals surface area contributed by atoms with Crippen molar-refractivity contribution in [3.8, 4) is 0 Å². The Morgan fingerprint density at radius 2 is 1.44 bits per heavy atom. The van der Waals surface area contributed by atoms with Crippen molar-refractivity contribution in [3.63, 3.8) is 0 Å². The van der Waals surface area contributed by atoms with E-state index >= 15 is 0 Å². The maximum Gasteiger partial charge on any atom is 0.318 e. The van der Waals surface area contributed by atoms with Crippen LogP contribution in [0.25, 0.3) is 0 Å².